The summed E-state index contributed by atoms with van der Waals surface area (Å²) in [5, 5.41) is 11.1. The Kier molecular flexibility index (Phi) is 3.94. The topological polar surface area (TPSA) is 53.4 Å². The molecule has 0 unspecified atom stereocenters. The van der Waals surface area contributed by atoms with Crippen LogP contribution < -0.4 is 4.90 Å². The first-order valence-electron chi connectivity index (χ1n) is 5.60. The summed E-state index contributed by atoms with van der Waals surface area (Å²) >= 11 is 1.71. The van der Waals surface area contributed by atoms with Crippen LogP contribution in [0, 0.1) is 0 Å². The predicted molar refractivity (Wildman–Crippen MR) is 72.5 cm³/mol. The maximum Gasteiger partial charge on any atom is 0.356 e. The van der Waals surface area contributed by atoms with Gasteiger partial charge in [-0.05, 0) is 30.0 Å². The van der Waals surface area contributed by atoms with Crippen molar-refractivity contribution in [3.05, 3.63) is 46.4 Å². The molecule has 94 valence electrons. The number of aromatic carboxylic acids is 1. The summed E-state index contributed by atoms with van der Waals surface area (Å²) < 4.78 is 0. The van der Waals surface area contributed by atoms with Crippen molar-refractivity contribution in [3.8, 4) is 0 Å². The van der Waals surface area contributed by atoms with E-state index in [-0.39, 0.29) is 5.69 Å². The molecule has 0 atom stereocenters. The maximum atomic E-state index is 11.1. The molecule has 0 aromatic carbocycles. The minimum Gasteiger partial charge on any atom is -0.476 e. The Morgan fingerprint density at radius 2 is 2.28 bits per heavy atom. The van der Waals surface area contributed by atoms with Gasteiger partial charge in [0.25, 0.3) is 0 Å². The Labute approximate surface area is 110 Å². The lowest BCUT2D eigenvalue weighted by atomic mass is 10.2. The number of hydrogen-bond acceptors (Lipinski definition) is 4. The van der Waals surface area contributed by atoms with Gasteiger partial charge in [0.05, 0.1) is 5.69 Å². The van der Waals surface area contributed by atoms with Crippen LogP contribution in [0.4, 0.5) is 5.69 Å². The molecule has 5 heteroatoms. The molecule has 2 aromatic heterocycles. The monoisotopic (exact) mass is 262 g/mol. The molecule has 1 N–H and O–H groups in total. The van der Waals surface area contributed by atoms with Crippen molar-refractivity contribution >= 4 is 23.0 Å². The Morgan fingerprint density at radius 1 is 1.44 bits per heavy atom. The largest absolute Gasteiger partial charge is 0.476 e. The average molecular weight is 262 g/mol. The van der Waals surface area contributed by atoms with Gasteiger partial charge in [-0.15, -0.1) is 11.3 Å². The average Bonchev–Trinajstić information content (AvgIpc) is 2.89. The molecule has 0 amide bonds. The number of carbonyl (C=O) groups is 1. The molecule has 0 aliphatic carbocycles. The van der Waals surface area contributed by atoms with Crippen LogP contribution in [0.1, 0.15) is 15.4 Å². The highest BCUT2D eigenvalue weighted by atomic mass is 32.1. The van der Waals surface area contributed by atoms with E-state index >= 15 is 0 Å². The highest BCUT2D eigenvalue weighted by molar-refractivity contribution is 7.09. The fraction of sp³-hybridized carbons (Fsp3) is 0.231. The lowest BCUT2D eigenvalue weighted by Gasteiger charge is -2.20. The SMILES string of the molecule is CN(CCc1cccs1)c1cccnc1C(=O)O. The van der Waals surface area contributed by atoms with Crippen molar-refractivity contribution in [2.45, 2.75) is 6.42 Å². The molecular weight excluding hydrogens is 248 g/mol. The summed E-state index contributed by atoms with van der Waals surface area (Å²) in [6, 6.07) is 7.64. The van der Waals surface area contributed by atoms with Gasteiger partial charge < -0.3 is 10.0 Å². The van der Waals surface area contributed by atoms with Crippen molar-refractivity contribution in [1.29, 1.82) is 0 Å². The number of hydrogen-bond donors (Lipinski definition) is 1. The van der Waals surface area contributed by atoms with Crippen LogP contribution in [0.3, 0.4) is 0 Å². The van der Waals surface area contributed by atoms with E-state index in [4.69, 9.17) is 5.11 Å². The summed E-state index contributed by atoms with van der Waals surface area (Å²) in [5.74, 6) is -0.992. The fourth-order valence-corrected chi connectivity index (χ4v) is 2.42. The van der Waals surface area contributed by atoms with Crippen molar-refractivity contribution in [1.82, 2.24) is 4.98 Å². The Balaban J connectivity index is 2.09. The Hall–Kier alpha value is -1.88. The van der Waals surface area contributed by atoms with E-state index < -0.39 is 5.97 Å². The van der Waals surface area contributed by atoms with Crippen LogP contribution in [-0.2, 0) is 6.42 Å². The summed E-state index contributed by atoms with van der Waals surface area (Å²) in [4.78, 5) is 18.2. The van der Waals surface area contributed by atoms with Gasteiger partial charge in [0.15, 0.2) is 5.69 Å². The molecule has 0 fully saturated rings. The molecule has 0 radical (unpaired) electrons. The second kappa shape index (κ2) is 5.64. The second-order valence-corrected chi connectivity index (χ2v) is 4.96. The van der Waals surface area contributed by atoms with Gasteiger partial charge in [0.2, 0.25) is 0 Å². The highest BCUT2D eigenvalue weighted by Crippen LogP contribution is 2.18. The molecular formula is C13H14N2O2S. The molecule has 0 bridgehead atoms. The van der Waals surface area contributed by atoms with E-state index in [9.17, 15) is 4.79 Å². The van der Waals surface area contributed by atoms with Gasteiger partial charge in [-0.3, -0.25) is 0 Å². The molecule has 0 spiro atoms. The van der Waals surface area contributed by atoms with Crippen molar-refractivity contribution in [2.75, 3.05) is 18.5 Å². The Morgan fingerprint density at radius 3 is 2.94 bits per heavy atom. The molecule has 0 saturated carbocycles. The van der Waals surface area contributed by atoms with Gasteiger partial charge in [-0.25, -0.2) is 9.78 Å². The van der Waals surface area contributed by atoms with Crippen LogP contribution in [0.5, 0.6) is 0 Å². The lowest BCUT2D eigenvalue weighted by molar-refractivity contribution is 0.0691. The summed E-state index contributed by atoms with van der Waals surface area (Å²) in [5.41, 5.74) is 0.757. The number of carboxylic acids is 1. The molecule has 18 heavy (non-hydrogen) atoms. The van der Waals surface area contributed by atoms with Gasteiger partial charge in [0.1, 0.15) is 0 Å². The van der Waals surface area contributed by atoms with E-state index in [1.807, 2.05) is 23.4 Å². The molecule has 0 aliphatic heterocycles. The smallest absolute Gasteiger partial charge is 0.356 e. The van der Waals surface area contributed by atoms with Gasteiger partial charge in [-0.2, -0.15) is 0 Å². The van der Waals surface area contributed by atoms with E-state index in [0.717, 1.165) is 13.0 Å². The summed E-state index contributed by atoms with van der Waals surface area (Å²) in [6.07, 6.45) is 2.40. The molecule has 0 saturated heterocycles. The maximum absolute atomic E-state index is 11.1. The zero-order valence-corrected chi connectivity index (χ0v) is 10.9. The lowest BCUT2D eigenvalue weighted by Crippen LogP contribution is -2.23. The Bertz CT molecular complexity index is 526. The van der Waals surface area contributed by atoms with Crippen LogP contribution >= 0.6 is 11.3 Å². The van der Waals surface area contributed by atoms with Crippen LogP contribution in [-0.4, -0.2) is 29.7 Å². The van der Waals surface area contributed by atoms with Gasteiger partial charge in [-0.1, -0.05) is 6.07 Å². The standard InChI is InChI=1S/C13H14N2O2S/c1-15(8-6-10-4-3-9-18-10)11-5-2-7-14-12(11)13(16)17/h2-5,7,9H,6,8H2,1H3,(H,16,17). The van der Waals surface area contributed by atoms with Gasteiger partial charge in [0, 0.05) is 24.7 Å². The first-order chi connectivity index (χ1) is 8.68. The predicted octanol–water partition coefficient (Wildman–Crippen LogP) is 2.52. The third kappa shape index (κ3) is 2.87. The molecule has 0 aliphatic rings. The van der Waals surface area contributed by atoms with Crippen LogP contribution in [0.15, 0.2) is 35.8 Å². The van der Waals surface area contributed by atoms with Crippen molar-refractivity contribution < 1.29 is 9.90 Å². The molecule has 4 nitrogen and oxygen atoms in total. The fourth-order valence-electron chi connectivity index (χ4n) is 1.72. The van der Waals surface area contributed by atoms with Crippen molar-refractivity contribution in [3.63, 3.8) is 0 Å². The van der Waals surface area contributed by atoms with Crippen LogP contribution in [0.2, 0.25) is 0 Å². The van der Waals surface area contributed by atoms with Gasteiger partial charge >= 0.3 is 5.97 Å². The number of pyridine rings is 1. The number of thiophene rings is 1. The zero-order chi connectivity index (χ0) is 13.0. The van der Waals surface area contributed by atoms with Crippen LogP contribution in [0.25, 0.3) is 0 Å². The number of anilines is 1. The van der Waals surface area contributed by atoms with E-state index in [0.29, 0.717) is 5.69 Å². The third-order valence-electron chi connectivity index (χ3n) is 2.67. The summed E-state index contributed by atoms with van der Waals surface area (Å²) in [7, 11) is 1.89. The van der Waals surface area contributed by atoms with E-state index in [1.54, 1.807) is 23.5 Å². The minimum atomic E-state index is -0.992. The zero-order valence-electron chi connectivity index (χ0n) is 10.0. The van der Waals surface area contributed by atoms with Crippen molar-refractivity contribution in [2.24, 2.45) is 0 Å². The molecule has 2 aromatic rings. The highest BCUT2D eigenvalue weighted by Gasteiger charge is 2.14. The van der Waals surface area contributed by atoms with E-state index in [1.165, 1.54) is 11.1 Å². The first-order valence-corrected chi connectivity index (χ1v) is 6.48. The normalized spacial score (nSPS) is 10.3. The minimum absolute atomic E-state index is 0.103. The number of likely N-dealkylation sites (N-methyl/N-ethyl adjacent to an activating group) is 1. The third-order valence-corrected chi connectivity index (χ3v) is 3.61. The summed E-state index contributed by atoms with van der Waals surface area (Å²) in [6.45, 7) is 0.770. The quantitative estimate of drug-likeness (QED) is 0.899. The number of nitrogens with zero attached hydrogens (tertiary/aromatic N) is 2. The second-order valence-electron chi connectivity index (χ2n) is 3.93. The number of rotatable bonds is 5. The number of carboxylic acid groups (broad SMARTS) is 1. The molecule has 2 rings (SSSR count). The number of aromatic nitrogens is 1. The first kappa shape index (κ1) is 12.6. The molecule has 2 heterocycles. The van der Waals surface area contributed by atoms with E-state index in [2.05, 4.69) is 11.1 Å².